The maximum absolute atomic E-state index is 11.3. The molecule has 1 aliphatic heterocycles. The van der Waals surface area contributed by atoms with Crippen molar-refractivity contribution in [3.05, 3.63) is 0 Å². The fraction of sp³-hybridized carbons (Fsp3) is 1.00. The predicted octanol–water partition coefficient (Wildman–Crippen LogP) is -0.193. The Morgan fingerprint density at radius 1 is 1.42 bits per heavy atom. The summed E-state index contributed by atoms with van der Waals surface area (Å²) in [7, 11) is -3.38. The van der Waals surface area contributed by atoms with Gasteiger partial charge in [0.2, 0.25) is 10.0 Å². The average molecular weight is 192 g/mol. The third-order valence-corrected chi connectivity index (χ3v) is 4.67. The SMILES string of the molecule is CCC1(S(N)(=O)=O)CCNCC1. The lowest BCUT2D eigenvalue weighted by molar-refractivity contribution is 0.378. The van der Waals surface area contributed by atoms with Gasteiger partial charge in [-0.25, -0.2) is 13.6 Å². The van der Waals surface area contributed by atoms with Gasteiger partial charge in [0.15, 0.2) is 0 Å². The molecule has 72 valence electrons. The van der Waals surface area contributed by atoms with E-state index in [1.54, 1.807) is 0 Å². The van der Waals surface area contributed by atoms with E-state index in [4.69, 9.17) is 5.14 Å². The molecule has 0 spiro atoms. The van der Waals surface area contributed by atoms with Crippen LogP contribution in [0.2, 0.25) is 0 Å². The van der Waals surface area contributed by atoms with Crippen LogP contribution in [0.4, 0.5) is 0 Å². The lowest BCUT2D eigenvalue weighted by Crippen LogP contribution is -2.50. The Bertz CT molecular complexity index is 242. The van der Waals surface area contributed by atoms with Crippen LogP contribution in [0.1, 0.15) is 26.2 Å². The average Bonchev–Trinajstić information content (AvgIpc) is 2.04. The number of nitrogens with one attached hydrogen (secondary N) is 1. The summed E-state index contributed by atoms with van der Waals surface area (Å²) in [6.45, 7) is 3.39. The first-order chi connectivity index (χ1) is 5.52. The molecule has 0 radical (unpaired) electrons. The minimum Gasteiger partial charge on any atom is -0.317 e. The molecule has 3 N–H and O–H groups in total. The molecule has 1 rings (SSSR count). The van der Waals surface area contributed by atoms with Crippen LogP contribution in [0.25, 0.3) is 0 Å². The summed E-state index contributed by atoms with van der Waals surface area (Å²) in [5, 5.41) is 8.33. The lowest BCUT2D eigenvalue weighted by atomic mass is 9.94. The van der Waals surface area contributed by atoms with E-state index in [1.807, 2.05) is 6.92 Å². The summed E-state index contributed by atoms with van der Waals surface area (Å²) in [4.78, 5) is 0. The van der Waals surface area contributed by atoms with Gasteiger partial charge in [0.1, 0.15) is 0 Å². The van der Waals surface area contributed by atoms with Gasteiger partial charge in [0.25, 0.3) is 0 Å². The Morgan fingerprint density at radius 2 is 1.92 bits per heavy atom. The largest absolute Gasteiger partial charge is 0.317 e. The summed E-state index contributed by atoms with van der Waals surface area (Å²) in [6, 6.07) is 0. The van der Waals surface area contributed by atoms with Crippen molar-refractivity contribution in [2.24, 2.45) is 5.14 Å². The lowest BCUT2D eigenvalue weighted by Gasteiger charge is -2.34. The zero-order valence-electron chi connectivity index (χ0n) is 7.34. The number of hydrogen-bond acceptors (Lipinski definition) is 3. The number of primary sulfonamides is 1. The van der Waals surface area contributed by atoms with Gasteiger partial charge in [-0.1, -0.05) is 6.92 Å². The number of nitrogens with two attached hydrogens (primary N) is 1. The molecule has 1 fully saturated rings. The molecule has 12 heavy (non-hydrogen) atoms. The zero-order valence-corrected chi connectivity index (χ0v) is 8.15. The van der Waals surface area contributed by atoms with Gasteiger partial charge in [0.05, 0.1) is 4.75 Å². The van der Waals surface area contributed by atoms with E-state index >= 15 is 0 Å². The highest BCUT2D eigenvalue weighted by molar-refractivity contribution is 7.90. The van der Waals surface area contributed by atoms with Crippen LogP contribution < -0.4 is 10.5 Å². The van der Waals surface area contributed by atoms with E-state index in [0.717, 1.165) is 13.1 Å². The fourth-order valence-corrected chi connectivity index (χ4v) is 2.90. The summed E-state index contributed by atoms with van der Waals surface area (Å²) in [6.07, 6.45) is 1.90. The Labute approximate surface area is 73.6 Å². The second kappa shape index (κ2) is 3.32. The normalized spacial score (nSPS) is 23.8. The number of hydrogen-bond donors (Lipinski definition) is 2. The summed E-state index contributed by atoms with van der Waals surface area (Å²) in [5.41, 5.74) is 0. The molecular weight excluding hydrogens is 176 g/mol. The highest BCUT2D eigenvalue weighted by Gasteiger charge is 2.40. The van der Waals surface area contributed by atoms with E-state index < -0.39 is 14.8 Å². The first-order valence-corrected chi connectivity index (χ1v) is 5.79. The van der Waals surface area contributed by atoms with Crippen molar-refractivity contribution in [1.29, 1.82) is 0 Å². The number of rotatable bonds is 2. The van der Waals surface area contributed by atoms with Crippen molar-refractivity contribution in [2.45, 2.75) is 30.9 Å². The minimum atomic E-state index is -3.38. The van der Waals surface area contributed by atoms with Crippen molar-refractivity contribution in [2.75, 3.05) is 13.1 Å². The molecule has 5 heteroatoms. The van der Waals surface area contributed by atoms with Crippen LogP contribution >= 0.6 is 0 Å². The van der Waals surface area contributed by atoms with E-state index in [1.165, 1.54) is 0 Å². The van der Waals surface area contributed by atoms with E-state index in [2.05, 4.69) is 5.32 Å². The Morgan fingerprint density at radius 3 is 2.17 bits per heavy atom. The van der Waals surface area contributed by atoms with Crippen LogP contribution in [0.3, 0.4) is 0 Å². The highest BCUT2D eigenvalue weighted by Crippen LogP contribution is 2.29. The molecule has 0 unspecified atom stereocenters. The molecule has 4 nitrogen and oxygen atoms in total. The molecule has 0 aromatic carbocycles. The monoisotopic (exact) mass is 192 g/mol. The molecule has 0 bridgehead atoms. The molecular formula is C7H16N2O2S. The van der Waals surface area contributed by atoms with Gasteiger partial charge in [-0.3, -0.25) is 0 Å². The van der Waals surface area contributed by atoms with Crippen molar-refractivity contribution in [1.82, 2.24) is 5.32 Å². The molecule has 0 atom stereocenters. The van der Waals surface area contributed by atoms with Gasteiger partial charge < -0.3 is 5.32 Å². The van der Waals surface area contributed by atoms with Crippen molar-refractivity contribution < 1.29 is 8.42 Å². The molecule has 0 aromatic heterocycles. The number of sulfonamides is 1. The Balaban J connectivity index is 2.88. The van der Waals surface area contributed by atoms with Gasteiger partial charge in [-0.05, 0) is 32.4 Å². The first-order valence-electron chi connectivity index (χ1n) is 4.25. The molecule has 0 saturated carbocycles. The van der Waals surface area contributed by atoms with Crippen molar-refractivity contribution in [3.8, 4) is 0 Å². The number of piperidine rings is 1. The maximum atomic E-state index is 11.3. The zero-order chi connectivity index (χ0) is 9.24. The third kappa shape index (κ3) is 1.62. The van der Waals surface area contributed by atoms with Gasteiger partial charge in [0, 0.05) is 0 Å². The molecule has 0 aliphatic carbocycles. The summed E-state index contributed by atoms with van der Waals surface area (Å²) >= 11 is 0. The fourth-order valence-electron chi connectivity index (χ4n) is 1.72. The van der Waals surface area contributed by atoms with E-state index in [-0.39, 0.29) is 0 Å². The van der Waals surface area contributed by atoms with Crippen molar-refractivity contribution in [3.63, 3.8) is 0 Å². The minimum absolute atomic E-state index is 0.619. The smallest absolute Gasteiger partial charge is 0.214 e. The predicted molar refractivity (Wildman–Crippen MR) is 48.2 cm³/mol. The maximum Gasteiger partial charge on any atom is 0.214 e. The first kappa shape index (κ1) is 9.95. The Hall–Kier alpha value is -0.130. The molecule has 0 aromatic rings. The van der Waals surface area contributed by atoms with E-state index in [0.29, 0.717) is 19.3 Å². The molecule has 1 aliphatic rings. The van der Waals surface area contributed by atoms with Crippen LogP contribution in [0.15, 0.2) is 0 Å². The topological polar surface area (TPSA) is 72.2 Å². The van der Waals surface area contributed by atoms with E-state index in [9.17, 15) is 8.42 Å². The standard InChI is InChI=1S/C7H16N2O2S/c1-2-7(12(8,10)11)3-5-9-6-4-7/h9H,2-6H2,1H3,(H2,8,10,11). The van der Waals surface area contributed by atoms with Crippen LogP contribution in [-0.2, 0) is 10.0 Å². The van der Waals surface area contributed by atoms with Gasteiger partial charge in [-0.2, -0.15) is 0 Å². The molecule has 0 amide bonds. The van der Waals surface area contributed by atoms with Crippen LogP contribution in [0.5, 0.6) is 0 Å². The van der Waals surface area contributed by atoms with Crippen molar-refractivity contribution >= 4 is 10.0 Å². The molecule has 1 saturated heterocycles. The van der Waals surface area contributed by atoms with Crippen LogP contribution in [-0.4, -0.2) is 26.3 Å². The molecule has 1 heterocycles. The summed E-state index contributed by atoms with van der Waals surface area (Å²) in [5.74, 6) is 0. The summed E-state index contributed by atoms with van der Waals surface area (Å²) < 4.78 is 21.9. The van der Waals surface area contributed by atoms with Crippen LogP contribution in [0, 0.1) is 0 Å². The third-order valence-electron chi connectivity index (χ3n) is 2.76. The van der Waals surface area contributed by atoms with Gasteiger partial charge in [-0.15, -0.1) is 0 Å². The highest BCUT2D eigenvalue weighted by atomic mass is 32.2. The quantitative estimate of drug-likeness (QED) is 0.637. The Kier molecular flexibility index (Phi) is 2.75. The second-order valence-corrected chi connectivity index (χ2v) is 5.29. The van der Waals surface area contributed by atoms with Gasteiger partial charge >= 0.3 is 0 Å². The second-order valence-electron chi connectivity index (χ2n) is 3.33.